The van der Waals surface area contributed by atoms with Crippen LogP contribution >= 0.6 is 11.6 Å². The molecule has 0 aliphatic carbocycles. The van der Waals surface area contributed by atoms with E-state index in [4.69, 9.17) is 11.6 Å². The highest BCUT2D eigenvalue weighted by Crippen LogP contribution is 2.31. The number of hydrazone groups is 1. The van der Waals surface area contributed by atoms with Crippen LogP contribution in [0.2, 0.25) is 5.02 Å². The molecule has 4 rings (SSSR count). The Balaban J connectivity index is 0.000000403. The van der Waals surface area contributed by atoms with E-state index < -0.39 is 7.25 Å². The third-order valence-electron chi connectivity index (χ3n) is 3.55. The molecule has 1 aromatic heterocycles. The Kier molecular flexibility index (Phi) is 5.79. The molecule has 1 aliphatic heterocycles. The van der Waals surface area contributed by atoms with Gasteiger partial charge in [-0.25, -0.2) is 0 Å². The number of nitrogens with one attached hydrogen (secondary N) is 1. The van der Waals surface area contributed by atoms with E-state index in [2.05, 4.69) is 27.8 Å². The fourth-order valence-corrected chi connectivity index (χ4v) is 2.64. The molecular weight excluding hydrogens is 396 g/mol. The van der Waals surface area contributed by atoms with Crippen molar-refractivity contribution in [2.24, 2.45) is 0 Å². The van der Waals surface area contributed by atoms with E-state index in [1.807, 2.05) is 64.0 Å². The maximum absolute atomic E-state index is 9.75. The summed E-state index contributed by atoms with van der Waals surface area (Å²) in [6.45, 7) is 0. The first kappa shape index (κ1) is 19.6. The van der Waals surface area contributed by atoms with Crippen LogP contribution in [0, 0.1) is 0 Å². The lowest BCUT2D eigenvalue weighted by molar-refractivity contribution is -0.401. The van der Waals surface area contributed by atoms with Gasteiger partial charge in [0.2, 0.25) is 6.21 Å². The van der Waals surface area contributed by atoms with Gasteiger partial charge in [-0.2, -0.15) is 0 Å². The van der Waals surface area contributed by atoms with Gasteiger partial charge in [0.15, 0.2) is 0 Å². The summed E-state index contributed by atoms with van der Waals surface area (Å²) in [5, 5.41) is 8.70. The van der Waals surface area contributed by atoms with E-state index >= 15 is 0 Å². The van der Waals surface area contributed by atoms with Crippen molar-refractivity contribution in [1.82, 2.24) is 14.8 Å². The second-order valence-electron chi connectivity index (χ2n) is 5.55. The van der Waals surface area contributed by atoms with Gasteiger partial charge in [0.1, 0.15) is 12.0 Å². The molecule has 2 aromatic carbocycles. The maximum Gasteiger partial charge on any atom is 0.673 e. The number of allylic oxidation sites excluding steroid dienone is 1. The van der Waals surface area contributed by atoms with Crippen molar-refractivity contribution in [3.05, 3.63) is 71.5 Å². The van der Waals surface area contributed by atoms with Crippen molar-refractivity contribution in [3.63, 3.8) is 0 Å². The predicted molar refractivity (Wildman–Crippen MR) is 102 cm³/mol. The topological polar surface area (TPSA) is 45.8 Å². The molecule has 0 unspecified atom stereocenters. The maximum atomic E-state index is 9.75. The van der Waals surface area contributed by atoms with E-state index in [0.29, 0.717) is 11.0 Å². The first-order valence-corrected chi connectivity index (χ1v) is 8.39. The van der Waals surface area contributed by atoms with E-state index in [1.165, 1.54) is 0 Å². The summed E-state index contributed by atoms with van der Waals surface area (Å²) in [4.78, 5) is 0. The minimum atomic E-state index is -6.00. The van der Waals surface area contributed by atoms with Gasteiger partial charge in [0, 0.05) is 17.2 Å². The molecule has 5 nitrogen and oxygen atoms in total. The van der Waals surface area contributed by atoms with Crippen LogP contribution in [0.5, 0.6) is 0 Å². The molecule has 0 radical (unpaired) electrons. The van der Waals surface area contributed by atoms with Crippen LogP contribution in [0.4, 0.5) is 28.9 Å². The number of anilines is 1. The van der Waals surface area contributed by atoms with Crippen molar-refractivity contribution < 1.29 is 21.9 Å². The molecule has 28 heavy (non-hydrogen) atoms. The number of halogens is 5. The molecule has 11 heteroatoms. The molecule has 3 aromatic rings. The fourth-order valence-electron chi connectivity index (χ4n) is 2.47. The number of hydrogen-bond acceptors (Lipinski definition) is 3. The van der Waals surface area contributed by atoms with Crippen molar-refractivity contribution in [2.45, 2.75) is 0 Å². The molecule has 0 atom stereocenters. The van der Waals surface area contributed by atoms with Gasteiger partial charge in [0.05, 0.1) is 0 Å². The van der Waals surface area contributed by atoms with Gasteiger partial charge in [-0.1, -0.05) is 46.6 Å². The molecule has 0 bridgehead atoms. The van der Waals surface area contributed by atoms with Gasteiger partial charge in [-0.15, -0.1) is 15.6 Å². The zero-order valence-electron chi connectivity index (χ0n) is 14.2. The van der Waals surface area contributed by atoms with Crippen molar-refractivity contribution in [1.29, 1.82) is 0 Å². The first-order chi connectivity index (χ1) is 13.3. The zero-order chi connectivity index (χ0) is 20.1. The van der Waals surface area contributed by atoms with Crippen LogP contribution < -0.4 is 5.43 Å². The molecular formula is C17H13BClF4N5. The number of hydrogen-bond donors (Lipinski definition) is 1. The highest BCUT2D eigenvalue weighted by molar-refractivity contribution is 6.50. The van der Waals surface area contributed by atoms with Crippen LogP contribution in [0.15, 0.2) is 60.9 Å². The minimum Gasteiger partial charge on any atom is -0.418 e. The largest absolute Gasteiger partial charge is 0.673 e. The third kappa shape index (κ3) is 5.20. The van der Waals surface area contributed by atoms with Gasteiger partial charge >= 0.3 is 7.25 Å². The standard InChI is InChI=1S/C17H13ClN5.BF4/c18-14-8-9-15-16(11-14)23(21-17-20-19-12-22(15)17)10-4-7-13-5-2-1-3-6-13;2-1(3,4)5/h1-12H,(H,20,21);/q+1;-1/b7-4+,23-10-;. The Morgan fingerprint density at radius 2 is 1.79 bits per heavy atom. The Hall–Kier alpha value is -3.14. The summed E-state index contributed by atoms with van der Waals surface area (Å²) >= 11 is 6.15. The van der Waals surface area contributed by atoms with Gasteiger partial charge in [-0.05, 0) is 23.8 Å². The Labute approximate surface area is 162 Å². The molecule has 0 fully saturated rings. The smallest absolute Gasteiger partial charge is 0.418 e. The van der Waals surface area contributed by atoms with Crippen LogP contribution in [0.1, 0.15) is 5.56 Å². The highest BCUT2D eigenvalue weighted by Gasteiger charge is 2.26. The predicted octanol–water partition coefficient (Wildman–Crippen LogP) is 4.99. The number of hydrazine groups is 1. The van der Waals surface area contributed by atoms with Crippen molar-refractivity contribution in [2.75, 3.05) is 5.43 Å². The Morgan fingerprint density at radius 1 is 1.07 bits per heavy atom. The summed E-state index contributed by atoms with van der Waals surface area (Å²) in [7, 11) is -6.00. The van der Waals surface area contributed by atoms with Crippen molar-refractivity contribution >= 4 is 42.8 Å². The highest BCUT2D eigenvalue weighted by atomic mass is 35.5. The molecule has 144 valence electrons. The van der Waals surface area contributed by atoms with Gasteiger partial charge in [-0.3, -0.25) is 4.57 Å². The molecule has 0 saturated heterocycles. The van der Waals surface area contributed by atoms with Crippen LogP contribution in [0.3, 0.4) is 0 Å². The molecule has 1 N–H and O–H groups in total. The normalized spacial score (nSPS) is 14.1. The van der Waals surface area contributed by atoms with Crippen LogP contribution in [-0.2, 0) is 0 Å². The third-order valence-corrected chi connectivity index (χ3v) is 3.78. The summed E-state index contributed by atoms with van der Waals surface area (Å²) < 4.78 is 42.8. The number of aromatic nitrogens is 3. The number of nitrogens with zero attached hydrogens (tertiary/aromatic N) is 4. The van der Waals surface area contributed by atoms with Crippen LogP contribution in [0.25, 0.3) is 11.8 Å². The summed E-state index contributed by atoms with van der Waals surface area (Å²) in [5.74, 6) is 0.657. The van der Waals surface area contributed by atoms with E-state index in [-0.39, 0.29) is 0 Å². The molecule has 1 aliphatic rings. The molecule has 2 heterocycles. The van der Waals surface area contributed by atoms with Crippen molar-refractivity contribution in [3.8, 4) is 5.69 Å². The number of benzene rings is 2. The summed E-state index contributed by atoms with van der Waals surface area (Å²) in [6.07, 6.45) is 7.61. The average Bonchev–Trinajstić information content (AvgIpc) is 3.09. The summed E-state index contributed by atoms with van der Waals surface area (Å²) in [6, 6.07) is 15.8. The average molecular weight is 410 g/mol. The van der Waals surface area contributed by atoms with Crippen LogP contribution in [-0.4, -0.2) is 32.9 Å². The Bertz CT molecular complexity index is 1010. The molecule has 0 saturated carbocycles. The lowest BCUT2D eigenvalue weighted by Crippen LogP contribution is -2.23. The SMILES string of the molecule is Clc1ccc2c(c1)/[N+](=C/C=C/c1ccccc1)Nc1nncn1-2.F[B-](F)(F)F. The first-order valence-electron chi connectivity index (χ1n) is 8.01. The lowest BCUT2D eigenvalue weighted by Gasteiger charge is -2.15. The second-order valence-corrected chi connectivity index (χ2v) is 5.99. The number of fused-ring (bicyclic) bond motifs is 3. The monoisotopic (exact) mass is 409 g/mol. The van der Waals surface area contributed by atoms with E-state index in [1.54, 1.807) is 6.33 Å². The molecule has 0 amide bonds. The quantitative estimate of drug-likeness (QED) is 0.368. The second kappa shape index (κ2) is 8.26. The lowest BCUT2D eigenvalue weighted by atomic mass is 10.2. The summed E-state index contributed by atoms with van der Waals surface area (Å²) in [5.41, 5.74) is 6.24. The van der Waals surface area contributed by atoms with E-state index in [0.717, 1.165) is 16.9 Å². The van der Waals surface area contributed by atoms with E-state index in [9.17, 15) is 17.3 Å². The minimum absolute atomic E-state index is 0.657. The zero-order valence-corrected chi connectivity index (χ0v) is 14.9. The Morgan fingerprint density at radius 3 is 2.50 bits per heavy atom. The van der Waals surface area contributed by atoms with Gasteiger partial charge < -0.3 is 17.3 Å². The fraction of sp³-hybridized carbons (Fsp3) is 0. The molecule has 0 spiro atoms. The van der Waals surface area contributed by atoms with Gasteiger partial charge in [0.25, 0.3) is 11.6 Å². The number of rotatable bonds is 2.